The summed E-state index contributed by atoms with van der Waals surface area (Å²) in [4.78, 5) is 0. The molecule has 0 heterocycles. The van der Waals surface area contributed by atoms with E-state index in [0.717, 1.165) is 22.6 Å². The van der Waals surface area contributed by atoms with Gasteiger partial charge in [-0.3, -0.25) is 0 Å². The van der Waals surface area contributed by atoms with Gasteiger partial charge in [-0.05, 0) is 49.1 Å². The number of ether oxygens (including phenoxy) is 1. The van der Waals surface area contributed by atoms with E-state index < -0.39 is 0 Å². The van der Waals surface area contributed by atoms with Crippen LogP contribution < -0.4 is 10.5 Å². The molecule has 1 aliphatic carbocycles. The lowest BCUT2D eigenvalue weighted by molar-refractivity contribution is 0.303. The molecule has 2 heteroatoms. The molecule has 0 radical (unpaired) electrons. The Kier molecular flexibility index (Phi) is 2.71. The maximum atomic E-state index is 6.08. The van der Waals surface area contributed by atoms with Crippen molar-refractivity contribution >= 4 is 5.69 Å². The Bertz CT molecular complexity index is 573. The SMILES string of the molecule is Cc1ccc(-c2cccc(OC3CC3)c2)c(N)c1. The second-order valence-corrected chi connectivity index (χ2v) is 4.94. The summed E-state index contributed by atoms with van der Waals surface area (Å²) < 4.78 is 5.81. The number of anilines is 1. The van der Waals surface area contributed by atoms with Crippen LogP contribution in [0.1, 0.15) is 18.4 Å². The zero-order chi connectivity index (χ0) is 12.5. The standard InChI is InChI=1S/C16H17NO/c1-11-5-8-15(16(17)9-11)12-3-2-4-14(10-12)18-13-6-7-13/h2-5,8-10,13H,6-7,17H2,1H3. The summed E-state index contributed by atoms with van der Waals surface area (Å²) in [6.07, 6.45) is 2.78. The number of aryl methyl sites for hydroxylation is 1. The number of rotatable bonds is 3. The molecule has 0 spiro atoms. The van der Waals surface area contributed by atoms with Crippen LogP contribution in [0.25, 0.3) is 11.1 Å². The van der Waals surface area contributed by atoms with E-state index in [4.69, 9.17) is 10.5 Å². The van der Waals surface area contributed by atoms with Crippen LogP contribution >= 0.6 is 0 Å². The minimum Gasteiger partial charge on any atom is -0.490 e. The van der Waals surface area contributed by atoms with Crippen LogP contribution in [-0.4, -0.2) is 6.10 Å². The van der Waals surface area contributed by atoms with E-state index in [1.165, 1.54) is 18.4 Å². The van der Waals surface area contributed by atoms with Crippen molar-refractivity contribution in [3.8, 4) is 16.9 Å². The van der Waals surface area contributed by atoms with Crippen molar-refractivity contribution in [1.29, 1.82) is 0 Å². The van der Waals surface area contributed by atoms with E-state index >= 15 is 0 Å². The highest BCUT2D eigenvalue weighted by atomic mass is 16.5. The van der Waals surface area contributed by atoms with Gasteiger partial charge < -0.3 is 10.5 Å². The predicted octanol–water partition coefficient (Wildman–Crippen LogP) is 3.79. The number of hydrogen-bond acceptors (Lipinski definition) is 2. The van der Waals surface area contributed by atoms with Crippen molar-refractivity contribution in [2.75, 3.05) is 5.73 Å². The van der Waals surface area contributed by atoms with Gasteiger partial charge in [0.05, 0.1) is 6.10 Å². The fourth-order valence-corrected chi connectivity index (χ4v) is 2.06. The lowest BCUT2D eigenvalue weighted by Gasteiger charge is -2.09. The van der Waals surface area contributed by atoms with Gasteiger partial charge in [-0.25, -0.2) is 0 Å². The molecule has 1 aliphatic rings. The van der Waals surface area contributed by atoms with Crippen LogP contribution in [0.3, 0.4) is 0 Å². The summed E-state index contributed by atoms with van der Waals surface area (Å²) >= 11 is 0. The van der Waals surface area contributed by atoms with Crippen LogP contribution in [0.4, 0.5) is 5.69 Å². The Morgan fingerprint density at radius 2 is 1.94 bits per heavy atom. The molecule has 0 amide bonds. The molecule has 2 nitrogen and oxygen atoms in total. The van der Waals surface area contributed by atoms with Crippen LogP contribution in [0.15, 0.2) is 42.5 Å². The molecule has 0 aromatic heterocycles. The van der Waals surface area contributed by atoms with Gasteiger partial charge in [0.25, 0.3) is 0 Å². The third kappa shape index (κ3) is 2.33. The molecular formula is C16H17NO. The molecule has 0 aliphatic heterocycles. The minimum absolute atomic E-state index is 0.426. The van der Waals surface area contributed by atoms with Gasteiger partial charge in [-0.2, -0.15) is 0 Å². The summed E-state index contributed by atoms with van der Waals surface area (Å²) in [5.74, 6) is 0.940. The average molecular weight is 239 g/mol. The maximum absolute atomic E-state index is 6.08. The highest BCUT2D eigenvalue weighted by Crippen LogP contribution is 2.32. The van der Waals surface area contributed by atoms with Gasteiger partial charge in [0.15, 0.2) is 0 Å². The average Bonchev–Trinajstić information content (AvgIpc) is 3.13. The van der Waals surface area contributed by atoms with Crippen molar-refractivity contribution in [2.24, 2.45) is 0 Å². The molecule has 92 valence electrons. The van der Waals surface area contributed by atoms with Crippen LogP contribution in [-0.2, 0) is 0 Å². The van der Waals surface area contributed by atoms with Crippen molar-refractivity contribution < 1.29 is 4.74 Å². The van der Waals surface area contributed by atoms with E-state index in [-0.39, 0.29) is 0 Å². The van der Waals surface area contributed by atoms with Crippen LogP contribution in [0, 0.1) is 6.92 Å². The van der Waals surface area contributed by atoms with Crippen LogP contribution in [0.5, 0.6) is 5.75 Å². The molecule has 0 saturated heterocycles. The molecule has 2 aromatic carbocycles. The molecule has 0 atom stereocenters. The molecule has 0 bridgehead atoms. The van der Waals surface area contributed by atoms with Crippen molar-refractivity contribution in [3.63, 3.8) is 0 Å². The van der Waals surface area contributed by atoms with Gasteiger partial charge in [0.1, 0.15) is 5.75 Å². The Morgan fingerprint density at radius 1 is 1.11 bits per heavy atom. The highest BCUT2D eigenvalue weighted by Gasteiger charge is 2.23. The first-order valence-corrected chi connectivity index (χ1v) is 6.35. The summed E-state index contributed by atoms with van der Waals surface area (Å²) in [6.45, 7) is 2.05. The zero-order valence-electron chi connectivity index (χ0n) is 10.5. The smallest absolute Gasteiger partial charge is 0.120 e. The second kappa shape index (κ2) is 4.37. The summed E-state index contributed by atoms with van der Waals surface area (Å²) in [7, 11) is 0. The Balaban J connectivity index is 1.94. The van der Waals surface area contributed by atoms with Gasteiger partial charge in [0, 0.05) is 11.3 Å². The Hall–Kier alpha value is -1.96. The van der Waals surface area contributed by atoms with Crippen LogP contribution in [0.2, 0.25) is 0 Å². The number of hydrogen-bond donors (Lipinski definition) is 1. The third-order valence-corrected chi connectivity index (χ3v) is 3.18. The first kappa shape index (κ1) is 11.1. The largest absolute Gasteiger partial charge is 0.490 e. The molecule has 3 rings (SSSR count). The van der Waals surface area contributed by atoms with Crippen molar-refractivity contribution in [2.45, 2.75) is 25.9 Å². The van der Waals surface area contributed by atoms with Gasteiger partial charge in [-0.15, -0.1) is 0 Å². The monoisotopic (exact) mass is 239 g/mol. The van der Waals surface area contributed by atoms with Gasteiger partial charge >= 0.3 is 0 Å². The number of benzene rings is 2. The fourth-order valence-electron chi connectivity index (χ4n) is 2.06. The summed E-state index contributed by atoms with van der Waals surface area (Å²) in [5.41, 5.74) is 10.3. The maximum Gasteiger partial charge on any atom is 0.120 e. The van der Waals surface area contributed by atoms with E-state index in [9.17, 15) is 0 Å². The first-order valence-electron chi connectivity index (χ1n) is 6.35. The molecule has 1 fully saturated rings. The summed E-state index contributed by atoms with van der Waals surface area (Å²) in [6, 6.07) is 14.3. The van der Waals surface area contributed by atoms with E-state index in [0.29, 0.717) is 6.10 Å². The van der Waals surface area contributed by atoms with Crippen molar-refractivity contribution in [3.05, 3.63) is 48.0 Å². The quantitative estimate of drug-likeness (QED) is 0.827. The highest BCUT2D eigenvalue weighted by molar-refractivity contribution is 5.77. The molecule has 2 aromatic rings. The Labute approximate surface area is 107 Å². The third-order valence-electron chi connectivity index (χ3n) is 3.18. The van der Waals surface area contributed by atoms with Gasteiger partial charge in [0.2, 0.25) is 0 Å². The molecular weight excluding hydrogens is 222 g/mol. The Morgan fingerprint density at radius 3 is 2.67 bits per heavy atom. The number of nitrogen functional groups attached to an aromatic ring is 1. The first-order chi connectivity index (χ1) is 8.72. The topological polar surface area (TPSA) is 35.2 Å². The lowest BCUT2D eigenvalue weighted by atomic mass is 10.0. The molecule has 0 unspecified atom stereocenters. The second-order valence-electron chi connectivity index (χ2n) is 4.94. The summed E-state index contributed by atoms with van der Waals surface area (Å²) in [5, 5.41) is 0. The fraction of sp³-hybridized carbons (Fsp3) is 0.250. The normalized spacial score (nSPS) is 14.5. The molecule has 1 saturated carbocycles. The predicted molar refractivity (Wildman–Crippen MR) is 74.7 cm³/mol. The lowest BCUT2D eigenvalue weighted by Crippen LogP contribution is -1.96. The number of nitrogens with two attached hydrogens (primary N) is 1. The van der Waals surface area contributed by atoms with Crippen molar-refractivity contribution in [1.82, 2.24) is 0 Å². The zero-order valence-corrected chi connectivity index (χ0v) is 10.5. The van der Waals surface area contributed by atoms with Gasteiger partial charge in [-0.1, -0.05) is 24.3 Å². The molecule has 18 heavy (non-hydrogen) atoms. The van der Waals surface area contributed by atoms with E-state index in [1.54, 1.807) is 0 Å². The van der Waals surface area contributed by atoms with E-state index in [2.05, 4.69) is 24.3 Å². The molecule has 2 N–H and O–H groups in total. The minimum atomic E-state index is 0.426. The van der Waals surface area contributed by atoms with E-state index in [1.807, 2.05) is 25.1 Å².